The number of nitrogens with two attached hydrogens (primary N) is 1. The molecular weight excluding hydrogens is 282 g/mol. The minimum atomic E-state index is -5.18. The van der Waals surface area contributed by atoms with Crippen LogP contribution in [0.25, 0.3) is 0 Å². The molecule has 0 amide bonds. The molecule has 0 radical (unpaired) electrons. The second kappa shape index (κ2) is 4.68. The lowest BCUT2D eigenvalue weighted by Gasteiger charge is -2.20. The zero-order chi connectivity index (χ0) is 15.0. The van der Waals surface area contributed by atoms with Gasteiger partial charge < -0.3 is 5.73 Å². The summed E-state index contributed by atoms with van der Waals surface area (Å²) in [5, 5.41) is 10.3. The van der Waals surface area contributed by atoms with E-state index < -0.39 is 40.1 Å². The van der Waals surface area contributed by atoms with E-state index in [4.69, 9.17) is 5.73 Å². The van der Waals surface area contributed by atoms with Gasteiger partial charge in [0.15, 0.2) is 0 Å². The van der Waals surface area contributed by atoms with Gasteiger partial charge in [0.2, 0.25) is 0 Å². The van der Waals surface area contributed by atoms with Crippen LogP contribution in [0.3, 0.4) is 0 Å². The Morgan fingerprint density at radius 2 is 1.68 bits per heavy atom. The summed E-state index contributed by atoms with van der Waals surface area (Å²) >= 11 is 0. The molecule has 0 bridgehead atoms. The van der Waals surface area contributed by atoms with Gasteiger partial charge in [-0.25, -0.2) is 0 Å². The molecule has 4 nitrogen and oxygen atoms in total. The van der Waals surface area contributed by atoms with Crippen LogP contribution < -0.4 is 5.73 Å². The third kappa shape index (κ3) is 3.34. The van der Waals surface area contributed by atoms with E-state index in [0.29, 0.717) is 12.1 Å². The van der Waals surface area contributed by atoms with E-state index >= 15 is 0 Å². The predicted molar refractivity (Wildman–Crippen MR) is 51.1 cm³/mol. The molecule has 1 atom stereocenters. The van der Waals surface area contributed by atoms with Crippen molar-refractivity contribution in [1.82, 2.24) is 0 Å². The Hall–Kier alpha value is -1.84. The average molecular weight is 288 g/mol. The Morgan fingerprint density at radius 3 is 2.05 bits per heavy atom. The Balaban J connectivity index is 3.45. The molecule has 0 saturated heterocycles. The first kappa shape index (κ1) is 15.2. The lowest BCUT2D eigenvalue weighted by atomic mass is 9.99. The third-order valence-electron chi connectivity index (χ3n) is 2.24. The second-order valence-electron chi connectivity index (χ2n) is 3.55. The molecule has 19 heavy (non-hydrogen) atoms. The van der Waals surface area contributed by atoms with Gasteiger partial charge in [0.25, 0.3) is 5.69 Å². The van der Waals surface area contributed by atoms with Gasteiger partial charge in [-0.3, -0.25) is 10.1 Å². The van der Waals surface area contributed by atoms with Crippen molar-refractivity contribution in [1.29, 1.82) is 0 Å². The number of rotatable bonds is 2. The van der Waals surface area contributed by atoms with Crippen LogP contribution >= 0.6 is 0 Å². The van der Waals surface area contributed by atoms with Gasteiger partial charge in [0.05, 0.1) is 10.5 Å². The number of halogens is 6. The zero-order valence-corrected chi connectivity index (χ0v) is 8.92. The summed E-state index contributed by atoms with van der Waals surface area (Å²) in [5.74, 6) is 0. The van der Waals surface area contributed by atoms with Crippen LogP contribution in [0, 0.1) is 10.1 Å². The monoisotopic (exact) mass is 288 g/mol. The largest absolute Gasteiger partial charge is 0.416 e. The fourth-order valence-corrected chi connectivity index (χ4v) is 1.35. The molecule has 0 aliphatic carbocycles. The molecule has 106 valence electrons. The van der Waals surface area contributed by atoms with Gasteiger partial charge in [0, 0.05) is 12.1 Å². The van der Waals surface area contributed by atoms with Gasteiger partial charge in [-0.1, -0.05) is 0 Å². The second-order valence-corrected chi connectivity index (χ2v) is 3.55. The maximum absolute atomic E-state index is 12.6. The minimum Gasteiger partial charge on any atom is -0.316 e. The normalized spacial score (nSPS) is 14.3. The lowest BCUT2D eigenvalue weighted by molar-refractivity contribution is -0.385. The first-order valence-corrected chi connectivity index (χ1v) is 4.62. The molecule has 1 aromatic carbocycles. The van der Waals surface area contributed by atoms with E-state index in [1.165, 1.54) is 0 Å². The summed E-state index contributed by atoms with van der Waals surface area (Å²) in [7, 11) is 0. The van der Waals surface area contributed by atoms with Crippen LogP contribution in [0.5, 0.6) is 0 Å². The molecule has 2 N–H and O–H groups in total. The predicted octanol–water partition coefficient (Wildman–Crippen LogP) is 3.18. The summed E-state index contributed by atoms with van der Waals surface area (Å²) < 4.78 is 74.8. The van der Waals surface area contributed by atoms with E-state index in [2.05, 4.69) is 0 Å². The van der Waals surface area contributed by atoms with E-state index in [1.54, 1.807) is 0 Å². The lowest BCUT2D eigenvalue weighted by Crippen LogP contribution is -2.30. The molecule has 1 rings (SSSR count). The molecule has 0 aliphatic rings. The van der Waals surface area contributed by atoms with Crippen molar-refractivity contribution in [3.05, 3.63) is 39.4 Å². The highest BCUT2D eigenvalue weighted by Crippen LogP contribution is 2.40. The van der Waals surface area contributed by atoms with Gasteiger partial charge in [-0.15, -0.1) is 0 Å². The van der Waals surface area contributed by atoms with Crippen molar-refractivity contribution in [2.45, 2.75) is 18.4 Å². The molecule has 0 saturated carbocycles. The van der Waals surface area contributed by atoms with E-state index in [-0.39, 0.29) is 6.07 Å². The summed E-state index contributed by atoms with van der Waals surface area (Å²) in [6.07, 6.45) is -10.3. The fraction of sp³-hybridized carbons (Fsp3) is 0.333. The Bertz CT molecular complexity index is 496. The van der Waals surface area contributed by atoms with Crippen molar-refractivity contribution >= 4 is 5.69 Å². The Morgan fingerprint density at radius 1 is 1.16 bits per heavy atom. The number of alkyl halides is 6. The molecule has 0 aliphatic heterocycles. The number of non-ortho nitro benzene ring substituents is 1. The zero-order valence-electron chi connectivity index (χ0n) is 8.92. The Labute approximate surface area is 102 Å². The van der Waals surface area contributed by atoms with Gasteiger partial charge in [-0.05, 0) is 11.6 Å². The van der Waals surface area contributed by atoms with Crippen molar-refractivity contribution < 1.29 is 31.3 Å². The fourth-order valence-electron chi connectivity index (χ4n) is 1.35. The molecule has 0 spiro atoms. The van der Waals surface area contributed by atoms with Crippen LogP contribution in [-0.4, -0.2) is 11.1 Å². The van der Waals surface area contributed by atoms with Crippen LogP contribution in [0.2, 0.25) is 0 Å². The van der Waals surface area contributed by atoms with E-state index in [9.17, 15) is 36.5 Å². The average Bonchev–Trinajstić information content (AvgIpc) is 2.24. The van der Waals surface area contributed by atoms with Crippen molar-refractivity contribution in [3.8, 4) is 0 Å². The summed E-state index contributed by atoms with van der Waals surface area (Å²) in [4.78, 5) is 9.20. The van der Waals surface area contributed by atoms with Crippen molar-refractivity contribution in [2.24, 2.45) is 5.73 Å². The Kier molecular flexibility index (Phi) is 3.75. The summed E-state index contributed by atoms with van der Waals surface area (Å²) in [6.45, 7) is 0. The van der Waals surface area contributed by atoms with Crippen molar-refractivity contribution in [2.75, 3.05) is 0 Å². The van der Waals surface area contributed by atoms with Crippen LogP contribution in [0.15, 0.2) is 18.2 Å². The van der Waals surface area contributed by atoms with Crippen LogP contribution in [-0.2, 0) is 6.18 Å². The quantitative estimate of drug-likeness (QED) is 0.516. The van der Waals surface area contributed by atoms with E-state index in [1.807, 2.05) is 0 Å². The maximum atomic E-state index is 12.6. The van der Waals surface area contributed by atoms with Crippen LogP contribution in [0.4, 0.5) is 32.0 Å². The standard InChI is InChI=1S/C9H6F6N2O2/c10-8(11,12)6-3-4(17(18)19)1-2-5(6)7(16)9(13,14)15/h1-3,7H,16H2/t7-/m0/s1. The summed E-state index contributed by atoms with van der Waals surface area (Å²) in [6, 6.07) is -1.94. The smallest absolute Gasteiger partial charge is 0.316 e. The minimum absolute atomic E-state index is 0.0287. The molecular formula is C9H6F6N2O2. The van der Waals surface area contributed by atoms with E-state index in [0.717, 1.165) is 0 Å². The van der Waals surface area contributed by atoms with Gasteiger partial charge in [-0.2, -0.15) is 26.3 Å². The SMILES string of the molecule is N[C@@H](c1ccc([N+](=O)[O-])cc1C(F)(F)F)C(F)(F)F. The third-order valence-corrected chi connectivity index (χ3v) is 2.24. The summed E-state index contributed by atoms with van der Waals surface area (Å²) in [5.41, 5.74) is 0.703. The number of nitro groups is 1. The number of nitro benzene ring substituents is 1. The molecule has 1 aromatic rings. The van der Waals surface area contributed by atoms with Gasteiger partial charge in [0.1, 0.15) is 6.04 Å². The number of hydrogen-bond acceptors (Lipinski definition) is 3. The molecule has 0 fully saturated rings. The number of nitrogens with zero attached hydrogens (tertiary/aromatic N) is 1. The van der Waals surface area contributed by atoms with Crippen molar-refractivity contribution in [3.63, 3.8) is 0 Å². The molecule has 0 aromatic heterocycles. The number of hydrogen-bond donors (Lipinski definition) is 1. The highest BCUT2D eigenvalue weighted by atomic mass is 19.4. The van der Waals surface area contributed by atoms with Gasteiger partial charge >= 0.3 is 12.4 Å². The topological polar surface area (TPSA) is 69.2 Å². The molecule has 0 heterocycles. The highest BCUT2D eigenvalue weighted by molar-refractivity contribution is 5.43. The molecule has 0 unspecified atom stereocenters. The molecule has 10 heteroatoms. The first-order chi connectivity index (χ1) is 8.44. The van der Waals surface area contributed by atoms with Crippen LogP contribution in [0.1, 0.15) is 17.2 Å². The highest BCUT2D eigenvalue weighted by Gasteiger charge is 2.44. The first-order valence-electron chi connectivity index (χ1n) is 4.62. The number of benzene rings is 1. The maximum Gasteiger partial charge on any atom is 0.416 e.